The van der Waals surface area contributed by atoms with Crippen molar-refractivity contribution in [3.63, 3.8) is 0 Å². The molecule has 28 heavy (non-hydrogen) atoms. The Morgan fingerprint density at radius 1 is 0.964 bits per heavy atom. The minimum atomic E-state index is -0.203. The molecule has 5 rings (SSSR count). The number of thiazole rings is 1. The molecule has 0 saturated carbocycles. The third-order valence-corrected chi connectivity index (χ3v) is 6.96. The van der Waals surface area contributed by atoms with E-state index in [1.807, 2.05) is 24.3 Å². The summed E-state index contributed by atoms with van der Waals surface area (Å²) >= 11 is 3.36. The second-order valence-electron chi connectivity index (χ2n) is 6.41. The van der Waals surface area contributed by atoms with Crippen LogP contribution in [0.2, 0.25) is 0 Å². The van der Waals surface area contributed by atoms with E-state index in [9.17, 15) is 5.26 Å². The summed E-state index contributed by atoms with van der Waals surface area (Å²) in [6.45, 7) is 0. The van der Waals surface area contributed by atoms with Crippen molar-refractivity contribution in [2.75, 3.05) is 0 Å². The van der Waals surface area contributed by atoms with E-state index >= 15 is 0 Å². The van der Waals surface area contributed by atoms with Gasteiger partial charge in [-0.3, -0.25) is 0 Å². The Bertz CT molecular complexity index is 1210. The summed E-state index contributed by atoms with van der Waals surface area (Å²) in [6, 6.07) is 22.7. The van der Waals surface area contributed by atoms with Crippen LogP contribution in [0.15, 0.2) is 72.1 Å². The van der Waals surface area contributed by atoms with Crippen LogP contribution < -0.4 is 16.6 Å². The van der Waals surface area contributed by atoms with Crippen molar-refractivity contribution >= 4 is 32.9 Å². The van der Waals surface area contributed by atoms with Gasteiger partial charge in [0.2, 0.25) is 0 Å². The van der Waals surface area contributed by atoms with E-state index in [-0.39, 0.29) is 6.04 Å². The van der Waals surface area contributed by atoms with Crippen molar-refractivity contribution in [3.8, 4) is 27.1 Å². The number of hydrogen-bond acceptors (Lipinski definition) is 7. The fraction of sp³-hybridized carbons (Fsp3) is 0.0476. The largest absolute Gasteiger partial charge is 0.384 e. The number of fused-ring (bicyclic) bond motifs is 1. The van der Waals surface area contributed by atoms with Gasteiger partial charge >= 0.3 is 0 Å². The molecule has 0 fully saturated rings. The number of para-hydroxylation sites is 1. The molecular formula is C21H15N5S2. The van der Waals surface area contributed by atoms with Crippen LogP contribution in [0.3, 0.4) is 0 Å². The summed E-state index contributed by atoms with van der Waals surface area (Å²) in [7, 11) is 0. The number of nitriles is 1. The van der Waals surface area contributed by atoms with Crippen molar-refractivity contribution in [2.45, 2.75) is 6.04 Å². The maximum atomic E-state index is 9.32. The number of thiophene rings is 1. The van der Waals surface area contributed by atoms with Gasteiger partial charge in [0.25, 0.3) is 0 Å². The van der Waals surface area contributed by atoms with E-state index in [0.29, 0.717) is 11.4 Å². The maximum Gasteiger partial charge on any atom is 0.127 e. The highest BCUT2D eigenvalue weighted by molar-refractivity contribution is 7.21. The van der Waals surface area contributed by atoms with E-state index in [4.69, 9.17) is 10.7 Å². The highest BCUT2D eigenvalue weighted by atomic mass is 32.1. The summed E-state index contributed by atoms with van der Waals surface area (Å²) in [5, 5.41) is 10.3. The number of rotatable bonds is 3. The maximum absolute atomic E-state index is 9.32. The summed E-state index contributed by atoms with van der Waals surface area (Å²) in [5.74, 6) is 0.391. The Morgan fingerprint density at radius 2 is 1.75 bits per heavy atom. The van der Waals surface area contributed by atoms with Gasteiger partial charge < -0.3 is 11.2 Å². The van der Waals surface area contributed by atoms with Gasteiger partial charge in [0.05, 0.1) is 21.8 Å². The van der Waals surface area contributed by atoms with Gasteiger partial charge in [0.1, 0.15) is 16.9 Å². The van der Waals surface area contributed by atoms with Gasteiger partial charge in [-0.15, -0.1) is 22.7 Å². The molecule has 0 bridgehead atoms. The number of nitrogens with two attached hydrogens (primary N) is 1. The Balaban J connectivity index is 1.42. The summed E-state index contributed by atoms with van der Waals surface area (Å²) < 4.78 is 1.20. The molecule has 1 unspecified atom stereocenters. The number of hydrazine groups is 1. The monoisotopic (exact) mass is 401 g/mol. The molecule has 0 aliphatic carbocycles. The van der Waals surface area contributed by atoms with Crippen LogP contribution in [0.5, 0.6) is 0 Å². The van der Waals surface area contributed by atoms with Crippen molar-refractivity contribution in [2.24, 2.45) is 5.73 Å². The molecular weight excluding hydrogens is 386 g/mol. The second-order valence-corrected chi connectivity index (χ2v) is 8.55. The van der Waals surface area contributed by atoms with Gasteiger partial charge in [-0.2, -0.15) is 5.26 Å². The standard InChI is InChI=1S/C21H15N5S2/c22-11-14-19(25-26-20(14)23)18-10-9-16(27-18)12-5-7-13(8-6-12)21-24-15-3-1-2-4-17(15)28-21/h1-10,19,25-26H,23H2. The fourth-order valence-corrected chi connectivity index (χ4v) is 5.26. The normalized spacial score (nSPS) is 16.3. The predicted molar refractivity (Wildman–Crippen MR) is 114 cm³/mol. The molecule has 4 N–H and O–H groups in total. The molecule has 3 heterocycles. The van der Waals surface area contributed by atoms with Gasteiger partial charge in [-0.25, -0.2) is 10.4 Å². The lowest BCUT2D eigenvalue weighted by Gasteiger charge is -2.07. The lowest BCUT2D eigenvalue weighted by Crippen LogP contribution is -2.28. The molecule has 7 heteroatoms. The number of nitrogens with one attached hydrogen (secondary N) is 2. The molecule has 1 aliphatic rings. The van der Waals surface area contributed by atoms with E-state index in [2.05, 4.69) is 53.3 Å². The number of benzene rings is 2. The molecule has 0 spiro atoms. The van der Waals surface area contributed by atoms with Crippen LogP contribution in [0.1, 0.15) is 10.9 Å². The molecule has 1 aliphatic heterocycles. The molecule has 5 nitrogen and oxygen atoms in total. The van der Waals surface area contributed by atoms with Crippen LogP contribution in [-0.4, -0.2) is 4.98 Å². The summed E-state index contributed by atoms with van der Waals surface area (Å²) in [4.78, 5) is 6.92. The van der Waals surface area contributed by atoms with Crippen LogP contribution in [0.25, 0.3) is 31.2 Å². The Morgan fingerprint density at radius 3 is 2.54 bits per heavy atom. The average molecular weight is 402 g/mol. The first kappa shape index (κ1) is 17.0. The van der Waals surface area contributed by atoms with Crippen LogP contribution in [-0.2, 0) is 0 Å². The molecule has 2 aromatic heterocycles. The van der Waals surface area contributed by atoms with Gasteiger partial charge in [0, 0.05) is 15.3 Å². The third-order valence-electron chi connectivity index (χ3n) is 4.67. The predicted octanol–water partition coefficient (Wildman–Crippen LogP) is 4.53. The van der Waals surface area contributed by atoms with Crippen molar-refractivity contribution in [1.29, 1.82) is 5.26 Å². The van der Waals surface area contributed by atoms with Crippen molar-refractivity contribution in [3.05, 3.63) is 76.9 Å². The van der Waals surface area contributed by atoms with E-state index in [1.54, 1.807) is 22.7 Å². The Hall–Kier alpha value is -3.18. The SMILES string of the molecule is N#CC1=C(N)NNC1c1ccc(-c2ccc(-c3nc4ccccc4s3)cc2)s1. The average Bonchev–Trinajstić information content (AvgIpc) is 3.45. The van der Waals surface area contributed by atoms with Crippen molar-refractivity contribution in [1.82, 2.24) is 15.8 Å². The van der Waals surface area contributed by atoms with Gasteiger partial charge in [-0.05, 0) is 29.8 Å². The lowest BCUT2D eigenvalue weighted by molar-refractivity contribution is 0.596. The third kappa shape index (κ3) is 2.84. The molecule has 0 amide bonds. The first-order valence-corrected chi connectivity index (χ1v) is 10.3. The lowest BCUT2D eigenvalue weighted by atomic mass is 10.1. The zero-order valence-electron chi connectivity index (χ0n) is 14.6. The van der Waals surface area contributed by atoms with Crippen LogP contribution in [0.4, 0.5) is 0 Å². The quantitative estimate of drug-likeness (QED) is 0.469. The minimum absolute atomic E-state index is 0.203. The Labute approximate surface area is 169 Å². The Kier molecular flexibility index (Phi) is 4.10. The van der Waals surface area contributed by atoms with E-state index < -0.39 is 0 Å². The smallest absolute Gasteiger partial charge is 0.127 e. The van der Waals surface area contributed by atoms with Crippen molar-refractivity contribution < 1.29 is 0 Å². The molecule has 136 valence electrons. The van der Waals surface area contributed by atoms with E-state index in [0.717, 1.165) is 31.4 Å². The second kappa shape index (κ2) is 6.77. The molecule has 4 aromatic rings. The molecule has 1 atom stereocenters. The zero-order chi connectivity index (χ0) is 19.1. The van der Waals surface area contributed by atoms with Crippen LogP contribution in [0, 0.1) is 11.3 Å². The molecule has 0 radical (unpaired) electrons. The highest BCUT2D eigenvalue weighted by Crippen LogP contribution is 2.37. The minimum Gasteiger partial charge on any atom is -0.384 e. The highest BCUT2D eigenvalue weighted by Gasteiger charge is 2.26. The summed E-state index contributed by atoms with van der Waals surface area (Å²) in [6.07, 6.45) is 0. The number of nitrogens with zero attached hydrogens (tertiary/aromatic N) is 2. The zero-order valence-corrected chi connectivity index (χ0v) is 16.3. The first-order valence-electron chi connectivity index (χ1n) is 8.70. The van der Waals surface area contributed by atoms with Gasteiger partial charge in [0.15, 0.2) is 0 Å². The van der Waals surface area contributed by atoms with E-state index in [1.165, 1.54) is 4.70 Å². The topological polar surface area (TPSA) is 86.8 Å². The molecule has 0 saturated heterocycles. The van der Waals surface area contributed by atoms with Gasteiger partial charge in [-0.1, -0.05) is 36.4 Å². The molecule has 2 aromatic carbocycles. The fourth-order valence-electron chi connectivity index (χ4n) is 3.22. The van der Waals surface area contributed by atoms with Crippen LogP contribution >= 0.6 is 22.7 Å². The number of aromatic nitrogens is 1. The first-order chi connectivity index (χ1) is 13.7. The number of hydrogen-bond donors (Lipinski definition) is 3. The summed E-state index contributed by atoms with van der Waals surface area (Å²) in [5.41, 5.74) is 15.5.